The van der Waals surface area contributed by atoms with Gasteiger partial charge in [-0.05, 0) is 24.3 Å². The van der Waals surface area contributed by atoms with Crippen LogP contribution in [0.1, 0.15) is 0 Å². The summed E-state index contributed by atoms with van der Waals surface area (Å²) in [5, 5.41) is 0. The van der Waals surface area contributed by atoms with E-state index >= 15 is 0 Å². The van der Waals surface area contributed by atoms with Crippen LogP contribution in [0.4, 0.5) is 0 Å². The van der Waals surface area contributed by atoms with Crippen LogP contribution >= 0.6 is 0 Å². The van der Waals surface area contributed by atoms with Crippen LogP contribution in [0.25, 0.3) is 0 Å². The number of benzene rings is 2. The van der Waals surface area contributed by atoms with Gasteiger partial charge >= 0.3 is 23.9 Å². The Balaban J connectivity index is 1.49. The van der Waals surface area contributed by atoms with E-state index in [1.54, 1.807) is 48.5 Å². The molecule has 228 valence electrons. The van der Waals surface area contributed by atoms with Crippen molar-refractivity contribution >= 4 is 23.9 Å². The van der Waals surface area contributed by atoms with Crippen molar-refractivity contribution in [3.8, 4) is 23.0 Å². The van der Waals surface area contributed by atoms with Gasteiger partial charge in [0.15, 0.2) is 23.0 Å². The fraction of sp³-hybridized carbons (Fsp3) is 0.429. The van der Waals surface area contributed by atoms with E-state index in [1.807, 2.05) is 0 Å². The minimum Gasteiger partial charge on any atom is -0.486 e. The van der Waals surface area contributed by atoms with Crippen molar-refractivity contribution in [3.63, 3.8) is 0 Å². The summed E-state index contributed by atoms with van der Waals surface area (Å²) in [6.07, 6.45) is 0. The highest BCUT2D eigenvalue weighted by atomic mass is 16.6. The van der Waals surface area contributed by atoms with Gasteiger partial charge in [-0.15, -0.1) is 0 Å². The van der Waals surface area contributed by atoms with Crippen molar-refractivity contribution in [2.75, 3.05) is 79.3 Å². The summed E-state index contributed by atoms with van der Waals surface area (Å²) in [7, 11) is 0. The molecule has 1 heterocycles. The van der Waals surface area contributed by atoms with E-state index in [9.17, 15) is 19.2 Å². The molecule has 0 bridgehead atoms. The molecule has 0 aromatic heterocycles. The quantitative estimate of drug-likeness (QED) is 0.316. The van der Waals surface area contributed by atoms with E-state index in [1.165, 1.54) is 0 Å². The molecule has 0 spiro atoms. The van der Waals surface area contributed by atoms with Gasteiger partial charge in [-0.3, -0.25) is 0 Å². The van der Waals surface area contributed by atoms with Gasteiger partial charge in [0, 0.05) is 0 Å². The maximum Gasteiger partial charge on any atom is 0.332 e. The van der Waals surface area contributed by atoms with Gasteiger partial charge in [0.25, 0.3) is 0 Å². The standard InChI is InChI=1S/C28H32O14/c29-25-17-33-19-27(31)41-15-11-37-23-7-3-4-8-24(23)38-12-16-42-28(32)20-34-18-26(30)40-14-10-36-22-6-2-1-5-21(22)35-9-13-39-25/h1-8H,9-20H2. The number of carbonyl (C=O) groups excluding carboxylic acids is 4. The highest BCUT2D eigenvalue weighted by Crippen LogP contribution is 2.27. The molecule has 2 aromatic carbocycles. The SMILES string of the molecule is O=C1COCC(=O)OCCOc2ccccc2OCCOC(=O)COCC(=O)OCCOc2ccccc2OCCO1. The lowest BCUT2D eigenvalue weighted by atomic mass is 10.3. The molecule has 14 nitrogen and oxygen atoms in total. The van der Waals surface area contributed by atoms with E-state index in [-0.39, 0.29) is 52.9 Å². The molecule has 0 unspecified atom stereocenters. The number of fused-ring (bicyclic) bond motifs is 2. The first kappa shape index (κ1) is 32.0. The third kappa shape index (κ3) is 12.7. The topological polar surface area (TPSA) is 161 Å². The molecule has 0 amide bonds. The van der Waals surface area contributed by atoms with Crippen LogP contribution in [-0.4, -0.2) is 103 Å². The molecule has 0 N–H and O–H groups in total. The molecule has 1 aliphatic heterocycles. The normalized spacial score (nSPS) is 17.9. The average Bonchev–Trinajstić information content (AvgIpc) is 2.98. The van der Waals surface area contributed by atoms with Crippen LogP contribution in [-0.2, 0) is 47.6 Å². The molecular weight excluding hydrogens is 560 g/mol. The third-order valence-corrected chi connectivity index (χ3v) is 4.99. The number of hydrogen-bond donors (Lipinski definition) is 0. The summed E-state index contributed by atoms with van der Waals surface area (Å²) in [5.41, 5.74) is 0. The van der Waals surface area contributed by atoms with Crippen molar-refractivity contribution in [3.05, 3.63) is 48.5 Å². The Morgan fingerprint density at radius 2 is 0.548 bits per heavy atom. The average molecular weight is 593 g/mol. The fourth-order valence-electron chi connectivity index (χ4n) is 3.21. The highest BCUT2D eigenvalue weighted by Gasteiger charge is 2.12. The molecule has 0 aliphatic carbocycles. The van der Waals surface area contributed by atoms with Gasteiger partial charge in [-0.1, -0.05) is 24.3 Å². The van der Waals surface area contributed by atoms with E-state index in [2.05, 4.69) is 0 Å². The summed E-state index contributed by atoms with van der Waals surface area (Å²) >= 11 is 0. The van der Waals surface area contributed by atoms with Gasteiger partial charge in [-0.2, -0.15) is 0 Å². The zero-order valence-corrected chi connectivity index (χ0v) is 22.8. The van der Waals surface area contributed by atoms with Gasteiger partial charge in [0.2, 0.25) is 0 Å². The van der Waals surface area contributed by atoms with Crippen LogP contribution in [0.15, 0.2) is 48.5 Å². The lowest BCUT2D eigenvalue weighted by molar-refractivity contribution is -0.158. The van der Waals surface area contributed by atoms with E-state index in [0.29, 0.717) is 23.0 Å². The van der Waals surface area contributed by atoms with E-state index in [4.69, 9.17) is 47.4 Å². The first-order valence-electron chi connectivity index (χ1n) is 13.0. The summed E-state index contributed by atoms with van der Waals surface area (Å²) in [5.74, 6) is -1.19. The number of para-hydroxylation sites is 4. The molecule has 0 fully saturated rings. The first-order valence-corrected chi connectivity index (χ1v) is 13.0. The first-order chi connectivity index (χ1) is 20.5. The Labute approximate surface area is 241 Å². The molecule has 0 saturated carbocycles. The second kappa shape index (κ2) is 18.7. The Hall–Kier alpha value is -4.56. The second-order valence-electron chi connectivity index (χ2n) is 8.15. The van der Waals surface area contributed by atoms with Crippen LogP contribution in [0, 0.1) is 0 Å². The monoisotopic (exact) mass is 592 g/mol. The minimum absolute atomic E-state index is 0.0249. The smallest absolute Gasteiger partial charge is 0.332 e. The fourth-order valence-corrected chi connectivity index (χ4v) is 3.21. The number of hydrogen-bond acceptors (Lipinski definition) is 14. The summed E-state index contributed by atoms with van der Waals surface area (Å²) in [6, 6.07) is 13.5. The predicted octanol–water partition coefficient (Wildman–Crippen LogP) is 1.12. The molecule has 42 heavy (non-hydrogen) atoms. The van der Waals surface area contributed by atoms with Crippen LogP contribution in [0.3, 0.4) is 0 Å². The molecule has 0 radical (unpaired) electrons. The Kier molecular flexibility index (Phi) is 14.2. The van der Waals surface area contributed by atoms with Gasteiger partial charge < -0.3 is 47.4 Å². The number of rotatable bonds is 0. The molecule has 0 saturated heterocycles. The van der Waals surface area contributed by atoms with Crippen LogP contribution in [0.2, 0.25) is 0 Å². The number of carbonyl (C=O) groups is 4. The number of esters is 4. The molecule has 2 aromatic rings. The van der Waals surface area contributed by atoms with E-state index < -0.39 is 50.3 Å². The molecule has 14 heteroatoms. The van der Waals surface area contributed by atoms with Crippen molar-refractivity contribution in [2.24, 2.45) is 0 Å². The Morgan fingerprint density at radius 1 is 0.333 bits per heavy atom. The number of cyclic esters (lactones) is 4. The van der Waals surface area contributed by atoms with Crippen LogP contribution < -0.4 is 18.9 Å². The minimum atomic E-state index is -0.684. The molecule has 1 aliphatic rings. The number of ether oxygens (including phenoxy) is 10. The summed E-state index contributed by atoms with van der Waals surface area (Å²) in [6.45, 7) is -2.00. The van der Waals surface area contributed by atoms with Crippen molar-refractivity contribution in [1.82, 2.24) is 0 Å². The maximum absolute atomic E-state index is 11.9. The molecule has 3 rings (SSSR count). The zero-order valence-electron chi connectivity index (χ0n) is 22.8. The zero-order chi connectivity index (χ0) is 29.8. The van der Waals surface area contributed by atoms with Crippen molar-refractivity contribution in [1.29, 1.82) is 0 Å². The van der Waals surface area contributed by atoms with Crippen molar-refractivity contribution in [2.45, 2.75) is 0 Å². The Morgan fingerprint density at radius 3 is 0.786 bits per heavy atom. The maximum atomic E-state index is 11.9. The lowest BCUT2D eigenvalue weighted by Crippen LogP contribution is -2.22. The third-order valence-electron chi connectivity index (χ3n) is 4.99. The predicted molar refractivity (Wildman–Crippen MR) is 140 cm³/mol. The summed E-state index contributed by atoms with van der Waals surface area (Å²) in [4.78, 5) is 47.4. The highest BCUT2D eigenvalue weighted by molar-refractivity contribution is 5.73. The molecular formula is C28H32O14. The lowest BCUT2D eigenvalue weighted by Gasteiger charge is -2.13. The van der Waals surface area contributed by atoms with Gasteiger partial charge in [0.1, 0.15) is 79.3 Å². The summed E-state index contributed by atoms with van der Waals surface area (Å²) < 4.78 is 52.6. The largest absolute Gasteiger partial charge is 0.486 e. The van der Waals surface area contributed by atoms with Crippen molar-refractivity contribution < 1.29 is 66.5 Å². The van der Waals surface area contributed by atoms with Gasteiger partial charge in [-0.25, -0.2) is 19.2 Å². The van der Waals surface area contributed by atoms with Crippen LogP contribution in [0.5, 0.6) is 23.0 Å². The second-order valence-corrected chi connectivity index (χ2v) is 8.15. The van der Waals surface area contributed by atoms with E-state index in [0.717, 1.165) is 0 Å². The van der Waals surface area contributed by atoms with Gasteiger partial charge in [0.05, 0.1) is 0 Å². The molecule has 0 atom stereocenters. The Bertz CT molecular complexity index is 975.